The number of imide groups is 1. The van der Waals surface area contributed by atoms with Gasteiger partial charge >= 0.3 is 0 Å². The van der Waals surface area contributed by atoms with Crippen LogP contribution in [0.25, 0.3) is 5.57 Å². The molecule has 0 spiro atoms. The Balaban J connectivity index is 1.58. The van der Waals surface area contributed by atoms with E-state index < -0.39 is 0 Å². The first-order valence-corrected chi connectivity index (χ1v) is 11.4. The van der Waals surface area contributed by atoms with Crippen LogP contribution in [-0.2, 0) is 27.3 Å². The molecule has 0 aliphatic carbocycles. The topological polar surface area (TPSA) is 49.9 Å². The summed E-state index contributed by atoms with van der Waals surface area (Å²) < 4.78 is 19.1. The van der Waals surface area contributed by atoms with E-state index in [0.29, 0.717) is 56.1 Å². The van der Waals surface area contributed by atoms with Gasteiger partial charge in [0.1, 0.15) is 11.5 Å². The second-order valence-electron chi connectivity index (χ2n) is 8.25. The number of hydrogen-bond donors (Lipinski definition) is 0. The molecule has 0 fully saturated rings. The number of hydrogen-bond acceptors (Lipinski definition) is 4. The second-order valence-corrected chi connectivity index (χ2v) is 8.25. The average molecular weight is 437 g/mol. The van der Waals surface area contributed by atoms with Gasteiger partial charge in [-0.05, 0) is 48.1 Å². The molecule has 0 saturated heterocycles. The Morgan fingerprint density at radius 3 is 2.41 bits per heavy atom. The van der Waals surface area contributed by atoms with Gasteiger partial charge in [0.25, 0.3) is 11.8 Å². The zero-order valence-electron chi connectivity index (χ0n) is 18.5. The van der Waals surface area contributed by atoms with Crippen molar-refractivity contribution in [1.82, 2.24) is 9.80 Å². The third kappa shape index (κ3) is 4.60. The molecular weight excluding hydrogens is 407 g/mol. The molecule has 2 heterocycles. The molecule has 0 N–H and O–H groups in total. The number of halogens is 1. The SMILES string of the molecule is CCCCOCCCN1C(=O)C(c2ccc(F)cc2)=C(N2CCc3ccccc3C2)C1=O. The van der Waals surface area contributed by atoms with Crippen LogP contribution in [0.4, 0.5) is 4.39 Å². The van der Waals surface area contributed by atoms with Crippen LogP contribution in [0.3, 0.4) is 0 Å². The van der Waals surface area contributed by atoms with E-state index in [-0.39, 0.29) is 17.6 Å². The fourth-order valence-corrected chi connectivity index (χ4v) is 4.30. The number of carbonyl (C=O) groups excluding carboxylic acids is 2. The molecule has 0 bridgehead atoms. The van der Waals surface area contributed by atoms with Gasteiger partial charge in [-0.25, -0.2) is 4.39 Å². The van der Waals surface area contributed by atoms with Crippen LogP contribution in [0, 0.1) is 5.82 Å². The Kier molecular flexibility index (Phi) is 7.00. The van der Waals surface area contributed by atoms with Gasteiger partial charge in [0, 0.05) is 32.8 Å². The summed E-state index contributed by atoms with van der Waals surface area (Å²) in [5.74, 6) is -0.966. The molecule has 2 aromatic rings. The minimum atomic E-state index is -0.374. The molecule has 32 heavy (non-hydrogen) atoms. The lowest BCUT2D eigenvalue weighted by molar-refractivity contribution is -0.137. The third-order valence-corrected chi connectivity index (χ3v) is 6.04. The third-order valence-electron chi connectivity index (χ3n) is 6.04. The van der Waals surface area contributed by atoms with Gasteiger partial charge in [-0.1, -0.05) is 49.7 Å². The van der Waals surface area contributed by atoms with E-state index in [9.17, 15) is 14.0 Å². The zero-order chi connectivity index (χ0) is 22.5. The maximum absolute atomic E-state index is 13.5. The number of ether oxygens (including phenoxy) is 1. The number of fused-ring (bicyclic) bond motifs is 1. The maximum Gasteiger partial charge on any atom is 0.277 e. The zero-order valence-corrected chi connectivity index (χ0v) is 18.5. The Morgan fingerprint density at radius 1 is 0.938 bits per heavy atom. The van der Waals surface area contributed by atoms with Crippen molar-refractivity contribution in [1.29, 1.82) is 0 Å². The molecule has 5 nitrogen and oxygen atoms in total. The summed E-state index contributed by atoms with van der Waals surface area (Å²) >= 11 is 0. The van der Waals surface area contributed by atoms with Gasteiger partial charge < -0.3 is 9.64 Å². The Hall–Kier alpha value is -2.99. The Labute approximate surface area is 188 Å². The van der Waals surface area contributed by atoms with Crippen molar-refractivity contribution >= 4 is 17.4 Å². The first-order chi connectivity index (χ1) is 15.6. The molecule has 4 rings (SSSR count). The second kappa shape index (κ2) is 10.1. The van der Waals surface area contributed by atoms with E-state index in [0.717, 1.165) is 24.8 Å². The van der Waals surface area contributed by atoms with Gasteiger partial charge in [-0.2, -0.15) is 0 Å². The van der Waals surface area contributed by atoms with Crippen molar-refractivity contribution in [2.45, 2.75) is 39.2 Å². The number of unbranched alkanes of at least 4 members (excludes halogenated alkanes) is 1. The standard InChI is InChI=1S/C26H29FN2O3/c1-2-3-16-32-17-6-14-29-25(30)23(20-9-11-22(27)12-10-20)24(26(29)31)28-15-13-19-7-4-5-8-21(19)18-28/h4-5,7-12H,2-3,6,13-18H2,1H3. The number of rotatable bonds is 9. The van der Waals surface area contributed by atoms with Crippen molar-refractivity contribution in [2.24, 2.45) is 0 Å². The Bertz CT molecular complexity index is 1020. The summed E-state index contributed by atoms with van der Waals surface area (Å²) in [4.78, 5) is 30.1. The number of nitrogens with zero attached hydrogens (tertiary/aromatic N) is 2. The molecular formula is C26H29FN2O3. The summed E-state index contributed by atoms with van der Waals surface area (Å²) in [6, 6.07) is 14.0. The lowest BCUT2D eigenvalue weighted by Crippen LogP contribution is -2.38. The van der Waals surface area contributed by atoms with Crippen LogP contribution in [0.15, 0.2) is 54.2 Å². The van der Waals surface area contributed by atoms with Crippen LogP contribution in [0.5, 0.6) is 0 Å². The van der Waals surface area contributed by atoms with Gasteiger partial charge in [-0.3, -0.25) is 14.5 Å². The highest BCUT2D eigenvalue weighted by Crippen LogP contribution is 2.34. The number of carbonyl (C=O) groups is 2. The van der Waals surface area contributed by atoms with E-state index in [1.807, 2.05) is 17.0 Å². The van der Waals surface area contributed by atoms with Crippen LogP contribution < -0.4 is 0 Å². The van der Waals surface area contributed by atoms with E-state index in [1.165, 1.54) is 22.6 Å². The molecule has 2 aromatic carbocycles. The quantitative estimate of drug-likeness (QED) is 0.437. The van der Waals surface area contributed by atoms with Gasteiger partial charge in [0.2, 0.25) is 0 Å². The molecule has 0 saturated carbocycles. The van der Waals surface area contributed by atoms with Crippen molar-refractivity contribution in [2.75, 3.05) is 26.3 Å². The first-order valence-electron chi connectivity index (χ1n) is 11.4. The van der Waals surface area contributed by atoms with Gasteiger partial charge in [0.15, 0.2) is 0 Å². The molecule has 0 atom stereocenters. The smallest absolute Gasteiger partial charge is 0.277 e. The van der Waals surface area contributed by atoms with Gasteiger partial charge in [0.05, 0.1) is 5.57 Å². The molecule has 6 heteroatoms. The van der Waals surface area contributed by atoms with E-state index in [1.54, 1.807) is 12.1 Å². The van der Waals surface area contributed by atoms with Crippen LogP contribution in [-0.4, -0.2) is 47.9 Å². The normalized spacial score (nSPS) is 16.2. The predicted molar refractivity (Wildman–Crippen MR) is 121 cm³/mol. The highest BCUT2D eigenvalue weighted by atomic mass is 19.1. The summed E-state index contributed by atoms with van der Waals surface area (Å²) in [5.41, 5.74) is 3.78. The maximum atomic E-state index is 13.5. The molecule has 168 valence electrons. The summed E-state index contributed by atoms with van der Waals surface area (Å²) in [6.45, 7) is 4.84. The lowest BCUT2D eigenvalue weighted by Gasteiger charge is -2.31. The van der Waals surface area contributed by atoms with E-state index in [2.05, 4.69) is 19.1 Å². The molecule has 2 aliphatic rings. The van der Waals surface area contributed by atoms with Crippen LogP contribution in [0.1, 0.15) is 42.9 Å². The summed E-state index contributed by atoms with van der Waals surface area (Å²) in [6.07, 6.45) is 3.46. The average Bonchev–Trinajstić information content (AvgIpc) is 3.06. The molecule has 0 aromatic heterocycles. The highest BCUT2D eigenvalue weighted by molar-refractivity contribution is 6.35. The fourth-order valence-electron chi connectivity index (χ4n) is 4.30. The molecule has 2 aliphatic heterocycles. The van der Waals surface area contributed by atoms with Crippen LogP contribution >= 0.6 is 0 Å². The molecule has 2 amide bonds. The minimum Gasteiger partial charge on any atom is -0.381 e. The minimum absolute atomic E-state index is 0.276. The van der Waals surface area contributed by atoms with Crippen molar-refractivity contribution < 1.29 is 18.7 Å². The predicted octanol–water partition coefficient (Wildman–Crippen LogP) is 4.17. The summed E-state index contributed by atoms with van der Waals surface area (Å²) in [5, 5.41) is 0. The van der Waals surface area contributed by atoms with Crippen molar-refractivity contribution in [3.8, 4) is 0 Å². The van der Waals surface area contributed by atoms with Crippen molar-refractivity contribution in [3.63, 3.8) is 0 Å². The number of amides is 2. The summed E-state index contributed by atoms with van der Waals surface area (Å²) in [7, 11) is 0. The van der Waals surface area contributed by atoms with Gasteiger partial charge in [-0.15, -0.1) is 0 Å². The van der Waals surface area contributed by atoms with Crippen molar-refractivity contribution in [3.05, 3.63) is 76.7 Å². The van der Waals surface area contributed by atoms with E-state index in [4.69, 9.17) is 4.74 Å². The van der Waals surface area contributed by atoms with Crippen LogP contribution in [0.2, 0.25) is 0 Å². The fraction of sp³-hybridized carbons (Fsp3) is 0.385. The molecule has 0 radical (unpaired) electrons. The highest BCUT2D eigenvalue weighted by Gasteiger charge is 2.41. The largest absolute Gasteiger partial charge is 0.381 e. The molecule has 0 unspecified atom stereocenters. The Morgan fingerprint density at radius 2 is 1.66 bits per heavy atom. The number of benzene rings is 2. The monoisotopic (exact) mass is 436 g/mol. The lowest BCUT2D eigenvalue weighted by atomic mass is 9.98. The first kappa shape index (κ1) is 22.2. The van der Waals surface area contributed by atoms with E-state index >= 15 is 0 Å².